The Balaban J connectivity index is 1.34. The largest absolute Gasteiger partial charge is 0.492 e. The van der Waals surface area contributed by atoms with Crippen LogP contribution in [0.3, 0.4) is 0 Å². The molecule has 1 heterocycles. The molecule has 0 saturated heterocycles. The van der Waals surface area contributed by atoms with Crippen molar-refractivity contribution in [2.45, 2.75) is 27.0 Å². The van der Waals surface area contributed by atoms with E-state index in [-0.39, 0.29) is 5.91 Å². The SMILES string of the molecule is CC(=O)Nc1cccc(OCCNCc2ccc(OCc3csc(C)n3)cc2)c1. The van der Waals surface area contributed by atoms with Crippen molar-refractivity contribution in [3.05, 3.63) is 70.2 Å². The van der Waals surface area contributed by atoms with E-state index in [1.165, 1.54) is 12.5 Å². The van der Waals surface area contributed by atoms with Gasteiger partial charge in [-0.25, -0.2) is 4.98 Å². The average Bonchev–Trinajstić information content (AvgIpc) is 3.12. The fourth-order valence-electron chi connectivity index (χ4n) is 2.68. The van der Waals surface area contributed by atoms with Gasteiger partial charge in [-0.3, -0.25) is 4.79 Å². The highest BCUT2D eigenvalue weighted by Gasteiger charge is 2.01. The lowest BCUT2D eigenvalue weighted by Crippen LogP contribution is -2.20. The van der Waals surface area contributed by atoms with Gasteiger partial charge in [0.25, 0.3) is 0 Å². The summed E-state index contributed by atoms with van der Waals surface area (Å²) in [5.41, 5.74) is 2.87. The van der Waals surface area contributed by atoms with Crippen LogP contribution in [0, 0.1) is 6.92 Å². The van der Waals surface area contributed by atoms with Gasteiger partial charge in [-0.1, -0.05) is 18.2 Å². The molecule has 3 aromatic rings. The van der Waals surface area contributed by atoms with Gasteiger partial charge in [0.05, 0.1) is 10.7 Å². The van der Waals surface area contributed by atoms with Gasteiger partial charge in [0.15, 0.2) is 0 Å². The van der Waals surface area contributed by atoms with E-state index in [0.29, 0.717) is 19.8 Å². The Kier molecular flexibility index (Phi) is 7.61. The zero-order valence-electron chi connectivity index (χ0n) is 16.6. The van der Waals surface area contributed by atoms with Crippen LogP contribution in [0.4, 0.5) is 5.69 Å². The maximum Gasteiger partial charge on any atom is 0.221 e. The van der Waals surface area contributed by atoms with Gasteiger partial charge in [-0.15, -0.1) is 11.3 Å². The van der Waals surface area contributed by atoms with Gasteiger partial charge >= 0.3 is 0 Å². The molecule has 2 aromatic carbocycles. The standard InChI is InChI=1S/C22H25N3O3S/c1-16(26)24-19-4-3-5-22(12-19)27-11-10-23-13-18-6-8-21(9-7-18)28-14-20-15-29-17(2)25-20/h3-9,12,15,23H,10-11,13-14H2,1-2H3,(H,24,26). The van der Waals surface area contributed by atoms with Crippen molar-refractivity contribution in [2.75, 3.05) is 18.5 Å². The number of rotatable bonds is 10. The third-order valence-corrected chi connectivity index (χ3v) is 4.83. The minimum atomic E-state index is -0.0986. The minimum absolute atomic E-state index is 0.0986. The van der Waals surface area contributed by atoms with E-state index in [2.05, 4.69) is 15.6 Å². The number of aryl methyl sites for hydroxylation is 1. The summed E-state index contributed by atoms with van der Waals surface area (Å²) in [5, 5.41) is 9.17. The smallest absolute Gasteiger partial charge is 0.221 e. The molecule has 6 nitrogen and oxygen atoms in total. The van der Waals surface area contributed by atoms with E-state index >= 15 is 0 Å². The number of carbonyl (C=O) groups excluding carboxylic acids is 1. The second-order valence-electron chi connectivity index (χ2n) is 6.52. The average molecular weight is 412 g/mol. The lowest BCUT2D eigenvalue weighted by Gasteiger charge is -2.10. The first-order valence-corrected chi connectivity index (χ1v) is 10.3. The molecule has 0 unspecified atom stereocenters. The zero-order valence-corrected chi connectivity index (χ0v) is 17.4. The van der Waals surface area contributed by atoms with E-state index < -0.39 is 0 Å². The Hall–Kier alpha value is -2.90. The highest BCUT2D eigenvalue weighted by Crippen LogP contribution is 2.17. The molecule has 0 fully saturated rings. The number of carbonyl (C=O) groups is 1. The summed E-state index contributed by atoms with van der Waals surface area (Å²) >= 11 is 1.63. The summed E-state index contributed by atoms with van der Waals surface area (Å²) in [6.07, 6.45) is 0. The Bertz CT molecular complexity index is 925. The van der Waals surface area contributed by atoms with Crippen molar-refractivity contribution in [2.24, 2.45) is 0 Å². The molecule has 29 heavy (non-hydrogen) atoms. The Morgan fingerprint density at radius 3 is 2.66 bits per heavy atom. The lowest BCUT2D eigenvalue weighted by molar-refractivity contribution is -0.114. The molecule has 3 rings (SSSR count). The molecule has 0 aliphatic heterocycles. The van der Waals surface area contributed by atoms with Gasteiger partial charge in [-0.05, 0) is 36.8 Å². The monoisotopic (exact) mass is 411 g/mol. The molecule has 2 N–H and O–H groups in total. The number of benzene rings is 2. The predicted molar refractivity (Wildman–Crippen MR) is 116 cm³/mol. The van der Waals surface area contributed by atoms with Crippen LogP contribution in [0.1, 0.15) is 23.2 Å². The van der Waals surface area contributed by atoms with Gasteiger partial charge in [-0.2, -0.15) is 0 Å². The van der Waals surface area contributed by atoms with Crippen LogP contribution in [0.25, 0.3) is 0 Å². The first-order valence-electron chi connectivity index (χ1n) is 9.42. The number of nitrogens with zero attached hydrogens (tertiary/aromatic N) is 1. The summed E-state index contributed by atoms with van der Waals surface area (Å²) in [6, 6.07) is 15.4. The van der Waals surface area contributed by atoms with Crippen LogP contribution < -0.4 is 20.1 Å². The summed E-state index contributed by atoms with van der Waals surface area (Å²) < 4.78 is 11.5. The molecule has 0 saturated carbocycles. The zero-order chi connectivity index (χ0) is 20.5. The summed E-state index contributed by atoms with van der Waals surface area (Å²) in [5.74, 6) is 1.47. The molecule has 0 radical (unpaired) electrons. The molecule has 7 heteroatoms. The minimum Gasteiger partial charge on any atom is -0.492 e. The molecule has 0 atom stereocenters. The molecule has 0 aliphatic rings. The first kappa shape index (κ1) is 20.8. The molecule has 0 bridgehead atoms. The molecule has 1 amide bonds. The molecular weight excluding hydrogens is 386 g/mol. The maximum atomic E-state index is 11.1. The van der Waals surface area contributed by atoms with E-state index in [4.69, 9.17) is 9.47 Å². The highest BCUT2D eigenvalue weighted by molar-refractivity contribution is 7.09. The van der Waals surface area contributed by atoms with Gasteiger partial charge in [0.1, 0.15) is 24.7 Å². The van der Waals surface area contributed by atoms with Gasteiger partial charge in [0, 0.05) is 37.1 Å². The van der Waals surface area contributed by atoms with Crippen molar-refractivity contribution >= 4 is 22.9 Å². The number of ether oxygens (including phenoxy) is 2. The third kappa shape index (κ3) is 7.21. The normalized spacial score (nSPS) is 10.6. The second-order valence-corrected chi connectivity index (χ2v) is 7.59. The van der Waals surface area contributed by atoms with Crippen LogP contribution in [0.2, 0.25) is 0 Å². The molecular formula is C22H25N3O3S. The van der Waals surface area contributed by atoms with Crippen molar-refractivity contribution in [1.82, 2.24) is 10.3 Å². The first-order chi connectivity index (χ1) is 14.1. The summed E-state index contributed by atoms with van der Waals surface area (Å²) in [6.45, 7) is 5.97. The molecule has 0 aliphatic carbocycles. The Morgan fingerprint density at radius 2 is 1.93 bits per heavy atom. The quantitative estimate of drug-likeness (QED) is 0.490. The number of amides is 1. The number of anilines is 1. The van der Waals surface area contributed by atoms with Crippen LogP contribution >= 0.6 is 11.3 Å². The van der Waals surface area contributed by atoms with Crippen molar-refractivity contribution in [1.29, 1.82) is 0 Å². The number of aromatic nitrogens is 1. The van der Waals surface area contributed by atoms with Crippen molar-refractivity contribution < 1.29 is 14.3 Å². The van der Waals surface area contributed by atoms with Crippen molar-refractivity contribution in [3.8, 4) is 11.5 Å². The molecule has 0 spiro atoms. The number of hydrogen-bond acceptors (Lipinski definition) is 6. The molecule has 1 aromatic heterocycles. The van der Waals surface area contributed by atoms with Crippen LogP contribution in [-0.2, 0) is 17.9 Å². The van der Waals surface area contributed by atoms with Gasteiger partial charge in [0.2, 0.25) is 5.91 Å². The number of thiazole rings is 1. The van der Waals surface area contributed by atoms with E-state index in [9.17, 15) is 4.79 Å². The van der Waals surface area contributed by atoms with E-state index in [1.54, 1.807) is 11.3 Å². The number of hydrogen-bond donors (Lipinski definition) is 2. The molecule has 152 valence electrons. The lowest BCUT2D eigenvalue weighted by atomic mass is 10.2. The van der Waals surface area contributed by atoms with E-state index in [1.807, 2.05) is 60.8 Å². The fraction of sp³-hybridized carbons (Fsp3) is 0.273. The maximum absolute atomic E-state index is 11.1. The third-order valence-electron chi connectivity index (χ3n) is 4.01. The topological polar surface area (TPSA) is 72.5 Å². The number of nitrogens with one attached hydrogen (secondary N) is 2. The Morgan fingerprint density at radius 1 is 1.10 bits per heavy atom. The summed E-state index contributed by atoms with van der Waals surface area (Å²) in [7, 11) is 0. The van der Waals surface area contributed by atoms with Crippen molar-refractivity contribution in [3.63, 3.8) is 0 Å². The highest BCUT2D eigenvalue weighted by atomic mass is 32.1. The van der Waals surface area contributed by atoms with Crippen LogP contribution in [0.5, 0.6) is 11.5 Å². The fourth-order valence-corrected chi connectivity index (χ4v) is 3.27. The Labute approximate surface area is 174 Å². The van der Waals surface area contributed by atoms with Crippen LogP contribution in [0.15, 0.2) is 53.9 Å². The van der Waals surface area contributed by atoms with Gasteiger partial charge < -0.3 is 20.1 Å². The van der Waals surface area contributed by atoms with Crippen LogP contribution in [-0.4, -0.2) is 24.0 Å². The second kappa shape index (κ2) is 10.6. The van der Waals surface area contributed by atoms with E-state index in [0.717, 1.165) is 34.4 Å². The predicted octanol–water partition coefficient (Wildman–Crippen LogP) is 4.16. The summed E-state index contributed by atoms with van der Waals surface area (Å²) in [4.78, 5) is 15.5.